The maximum absolute atomic E-state index is 12.1. The highest BCUT2D eigenvalue weighted by Gasteiger charge is 2.48. The van der Waals surface area contributed by atoms with Crippen molar-refractivity contribution in [2.45, 2.75) is 32.2 Å². The molecule has 0 saturated heterocycles. The molecule has 0 radical (unpaired) electrons. The quantitative estimate of drug-likeness (QED) is 0.907. The first-order valence-corrected chi connectivity index (χ1v) is 7.48. The fourth-order valence-corrected chi connectivity index (χ4v) is 3.36. The van der Waals surface area contributed by atoms with Crippen molar-refractivity contribution in [2.24, 2.45) is 17.8 Å². The monoisotopic (exact) mass is 307 g/mol. The zero-order chi connectivity index (χ0) is 12.7. The van der Waals surface area contributed by atoms with Crippen molar-refractivity contribution >= 4 is 21.8 Å². The van der Waals surface area contributed by atoms with E-state index in [4.69, 9.17) is 0 Å². The van der Waals surface area contributed by atoms with Gasteiger partial charge in [-0.3, -0.25) is 4.79 Å². The average Bonchev–Trinajstić information content (AvgIpc) is 2.96. The van der Waals surface area contributed by atoms with Gasteiger partial charge in [-0.25, -0.2) is 0 Å². The number of carbonyl (C=O) groups is 1. The molecular weight excluding hydrogens is 290 g/mol. The Morgan fingerprint density at radius 1 is 1.22 bits per heavy atom. The highest BCUT2D eigenvalue weighted by molar-refractivity contribution is 9.10. The summed E-state index contributed by atoms with van der Waals surface area (Å²) in [4.78, 5) is 12.1. The molecule has 18 heavy (non-hydrogen) atoms. The van der Waals surface area contributed by atoms with Gasteiger partial charge in [0.25, 0.3) is 0 Å². The Balaban J connectivity index is 1.58. The summed E-state index contributed by atoms with van der Waals surface area (Å²) in [6.07, 6.45) is 3.60. The summed E-state index contributed by atoms with van der Waals surface area (Å²) in [5.74, 6) is 2.25. The van der Waals surface area contributed by atoms with E-state index in [2.05, 4.69) is 40.3 Å². The summed E-state index contributed by atoms with van der Waals surface area (Å²) in [5, 5.41) is 3.14. The van der Waals surface area contributed by atoms with E-state index in [-0.39, 0.29) is 17.9 Å². The van der Waals surface area contributed by atoms with Crippen molar-refractivity contribution in [3.05, 3.63) is 34.3 Å². The molecule has 3 atom stereocenters. The third-order valence-corrected chi connectivity index (χ3v) is 4.87. The summed E-state index contributed by atoms with van der Waals surface area (Å²) >= 11 is 3.42. The SMILES string of the molecule is C[C@@H](NC(=O)C1CC2CC2C1)c1ccc(Br)cc1. The van der Waals surface area contributed by atoms with Crippen LogP contribution in [-0.2, 0) is 4.79 Å². The Kier molecular flexibility index (Phi) is 3.18. The standard InChI is InChI=1S/C15H18BrNO/c1-9(10-2-4-14(16)5-3-10)17-15(18)13-7-11-6-12(11)8-13/h2-5,9,11-13H,6-8H2,1H3,(H,17,18)/t9-,11?,12?,13?/m1/s1. The van der Waals surface area contributed by atoms with E-state index < -0.39 is 0 Å². The number of nitrogens with one attached hydrogen (secondary N) is 1. The zero-order valence-electron chi connectivity index (χ0n) is 10.5. The molecule has 3 heteroatoms. The molecule has 1 amide bonds. The van der Waals surface area contributed by atoms with Crippen LogP contribution in [-0.4, -0.2) is 5.91 Å². The third-order valence-electron chi connectivity index (χ3n) is 4.34. The fourth-order valence-electron chi connectivity index (χ4n) is 3.09. The second kappa shape index (κ2) is 4.69. The molecule has 0 bridgehead atoms. The fraction of sp³-hybridized carbons (Fsp3) is 0.533. The lowest BCUT2D eigenvalue weighted by atomic mass is 10.0. The Morgan fingerprint density at radius 3 is 2.44 bits per heavy atom. The summed E-state index contributed by atoms with van der Waals surface area (Å²) in [7, 11) is 0. The van der Waals surface area contributed by atoms with Gasteiger partial charge < -0.3 is 5.32 Å². The molecule has 96 valence electrons. The number of amides is 1. The number of rotatable bonds is 3. The van der Waals surface area contributed by atoms with Gasteiger partial charge in [0.05, 0.1) is 6.04 Å². The predicted molar refractivity (Wildman–Crippen MR) is 75.0 cm³/mol. The average molecular weight is 308 g/mol. The number of hydrogen-bond acceptors (Lipinski definition) is 1. The third kappa shape index (κ3) is 2.46. The van der Waals surface area contributed by atoms with E-state index in [1.54, 1.807) is 0 Å². The molecule has 1 aromatic rings. The minimum atomic E-state index is 0.0996. The van der Waals surface area contributed by atoms with Crippen molar-refractivity contribution in [2.75, 3.05) is 0 Å². The molecule has 2 saturated carbocycles. The first kappa shape index (κ1) is 12.2. The van der Waals surface area contributed by atoms with Gasteiger partial charge >= 0.3 is 0 Å². The molecule has 0 heterocycles. The van der Waals surface area contributed by atoms with Gasteiger partial charge in [-0.15, -0.1) is 0 Å². The Labute approximate surface area is 116 Å². The molecule has 0 spiro atoms. The van der Waals surface area contributed by atoms with Crippen LogP contribution in [0, 0.1) is 17.8 Å². The Morgan fingerprint density at radius 2 is 1.83 bits per heavy atom. The second-order valence-corrected chi connectivity index (χ2v) is 6.62. The van der Waals surface area contributed by atoms with Crippen molar-refractivity contribution < 1.29 is 4.79 Å². The summed E-state index contributed by atoms with van der Waals surface area (Å²) in [5.41, 5.74) is 1.16. The van der Waals surface area contributed by atoms with Crippen LogP contribution in [0.1, 0.15) is 37.8 Å². The molecule has 2 aliphatic rings. The number of benzene rings is 1. The lowest BCUT2D eigenvalue weighted by Gasteiger charge is -2.18. The summed E-state index contributed by atoms with van der Waals surface area (Å²) in [6.45, 7) is 2.05. The van der Waals surface area contributed by atoms with Crippen LogP contribution in [0.2, 0.25) is 0 Å². The van der Waals surface area contributed by atoms with E-state index in [0.717, 1.165) is 34.7 Å². The first-order valence-electron chi connectivity index (χ1n) is 6.69. The van der Waals surface area contributed by atoms with Crippen molar-refractivity contribution in [1.82, 2.24) is 5.32 Å². The zero-order valence-corrected chi connectivity index (χ0v) is 12.1. The largest absolute Gasteiger partial charge is 0.349 e. The van der Waals surface area contributed by atoms with Crippen LogP contribution in [0.5, 0.6) is 0 Å². The van der Waals surface area contributed by atoms with Crippen LogP contribution >= 0.6 is 15.9 Å². The molecule has 2 unspecified atom stereocenters. The molecule has 0 aliphatic heterocycles. The van der Waals surface area contributed by atoms with E-state index >= 15 is 0 Å². The van der Waals surface area contributed by atoms with Gasteiger partial charge in [-0.05, 0) is 55.7 Å². The highest BCUT2D eigenvalue weighted by atomic mass is 79.9. The lowest BCUT2D eigenvalue weighted by molar-refractivity contribution is -0.125. The van der Waals surface area contributed by atoms with Crippen LogP contribution in [0.25, 0.3) is 0 Å². The predicted octanol–water partition coefficient (Wildman–Crippen LogP) is 3.67. The van der Waals surface area contributed by atoms with Crippen LogP contribution in [0.4, 0.5) is 0 Å². The summed E-state index contributed by atoms with van der Waals surface area (Å²) < 4.78 is 1.07. The number of fused-ring (bicyclic) bond motifs is 1. The van der Waals surface area contributed by atoms with Crippen LogP contribution in [0.3, 0.4) is 0 Å². The normalized spacial score (nSPS) is 30.7. The molecule has 3 rings (SSSR count). The van der Waals surface area contributed by atoms with Crippen molar-refractivity contribution in [3.63, 3.8) is 0 Å². The van der Waals surface area contributed by atoms with Crippen molar-refractivity contribution in [1.29, 1.82) is 0 Å². The molecule has 1 aromatic carbocycles. The smallest absolute Gasteiger partial charge is 0.223 e. The van der Waals surface area contributed by atoms with Crippen LogP contribution in [0.15, 0.2) is 28.7 Å². The molecular formula is C15H18BrNO. The minimum Gasteiger partial charge on any atom is -0.349 e. The molecule has 1 N–H and O–H groups in total. The van der Waals surface area contributed by atoms with Gasteiger partial charge in [-0.1, -0.05) is 28.1 Å². The van der Waals surface area contributed by atoms with Gasteiger partial charge in [-0.2, -0.15) is 0 Å². The topological polar surface area (TPSA) is 29.1 Å². The maximum Gasteiger partial charge on any atom is 0.223 e. The Bertz CT molecular complexity index is 446. The molecule has 0 aromatic heterocycles. The minimum absolute atomic E-state index is 0.0996. The van der Waals surface area contributed by atoms with E-state index in [1.807, 2.05) is 12.1 Å². The van der Waals surface area contributed by atoms with E-state index in [0.29, 0.717) is 0 Å². The molecule has 2 aliphatic carbocycles. The van der Waals surface area contributed by atoms with E-state index in [1.165, 1.54) is 6.42 Å². The van der Waals surface area contributed by atoms with Gasteiger partial charge in [0.2, 0.25) is 5.91 Å². The lowest BCUT2D eigenvalue weighted by Crippen LogP contribution is -2.32. The number of carbonyl (C=O) groups excluding carboxylic acids is 1. The maximum atomic E-state index is 12.1. The Hall–Kier alpha value is -0.830. The number of hydrogen-bond donors (Lipinski definition) is 1. The van der Waals surface area contributed by atoms with Gasteiger partial charge in [0.15, 0.2) is 0 Å². The highest BCUT2D eigenvalue weighted by Crippen LogP contribution is 2.54. The van der Waals surface area contributed by atoms with Gasteiger partial charge in [0, 0.05) is 10.4 Å². The first-order chi connectivity index (χ1) is 8.63. The number of halogens is 1. The molecule has 2 fully saturated rings. The van der Waals surface area contributed by atoms with Crippen molar-refractivity contribution in [3.8, 4) is 0 Å². The van der Waals surface area contributed by atoms with E-state index in [9.17, 15) is 4.79 Å². The van der Waals surface area contributed by atoms with Crippen LogP contribution < -0.4 is 5.32 Å². The second-order valence-electron chi connectivity index (χ2n) is 5.71. The molecule has 2 nitrogen and oxygen atoms in total. The summed E-state index contributed by atoms with van der Waals surface area (Å²) in [6, 6.07) is 8.25. The van der Waals surface area contributed by atoms with Gasteiger partial charge in [0.1, 0.15) is 0 Å².